The molecule has 3 aliphatic heterocycles. The second kappa shape index (κ2) is 13.7. The number of carbonyl (C=O) groups is 2. The number of aromatic nitrogens is 3. The summed E-state index contributed by atoms with van der Waals surface area (Å²) in [6.07, 6.45) is 4.04. The van der Waals surface area contributed by atoms with Crippen LogP contribution in [0, 0.1) is 13.8 Å². The summed E-state index contributed by atoms with van der Waals surface area (Å²) in [6, 6.07) is 5.64. The second-order valence-corrected chi connectivity index (χ2v) is 13.1. The van der Waals surface area contributed by atoms with E-state index in [9.17, 15) is 9.59 Å². The maximum Gasteiger partial charge on any atom is 0.415 e. The zero-order valence-corrected chi connectivity index (χ0v) is 27.9. The molecule has 1 aromatic carbocycles. The van der Waals surface area contributed by atoms with Gasteiger partial charge in [-0.1, -0.05) is 0 Å². The van der Waals surface area contributed by atoms with Crippen molar-refractivity contribution >= 4 is 35.0 Å². The molecule has 6 rings (SSSR count). The Labute approximate surface area is 275 Å². The summed E-state index contributed by atoms with van der Waals surface area (Å²) in [4.78, 5) is 46.1. The molecule has 1 fully saturated rings. The first-order chi connectivity index (χ1) is 22.6. The standard InChI is InChI=1S/C34H44N8O5/c1-22-18-25(6-7-26(22)30(43)35-9-11-40-12-15-45-16-13-40)38-32-37-19-24-8-10-41(21-27(24)39-32)28-20-36-31-29(23(28)2)42(14-17-46-31)33(44)47-34(3,4)5/h6-7,18-20H,8-17,21H2,1-5H3,(H,35,43)(H,37,38,39). The Hall–Kier alpha value is -4.49. The van der Waals surface area contributed by atoms with Gasteiger partial charge in [0.1, 0.15) is 17.9 Å². The second-order valence-electron chi connectivity index (χ2n) is 13.1. The first kappa shape index (κ1) is 32.5. The van der Waals surface area contributed by atoms with Gasteiger partial charge in [-0.2, -0.15) is 0 Å². The third kappa shape index (κ3) is 7.57. The zero-order chi connectivity index (χ0) is 33.1. The monoisotopic (exact) mass is 644 g/mol. The fraction of sp³-hybridized carbons (Fsp3) is 0.500. The SMILES string of the molecule is Cc1cc(Nc2ncc3c(n2)CN(c2cnc4c(c2C)N(C(=O)OC(C)(C)C)CCO4)CC3)ccc1C(=O)NCCN1CCOCC1. The van der Waals surface area contributed by atoms with Crippen LogP contribution in [0.4, 0.5) is 27.8 Å². The number of benzene rings is 1. The average molecular weight is 645 g/mol. The van der Waals surface area contributed by atoms with E-state index in [2.05, 4.69) is 30.4 Å². The van der Waals surface area contributed by atoms with E-state index in [0.717, 1.165) is 79.6 Å². The van der Waals surface area contributed by atoms with Crippen LogP contribution in [0.3, 0.4) is 0 Å². The molecule has 0 unspecified atom stereocenters. The van der Waals surface area contributed by atoms with E-state index in [1.165, 1.54) is 0 Å². The number of morpholine rings is 1. The molecule has 13 heteroatoms. The van der Waals surface area contributed by atoms with E-state index < -0.39 is 11.7 Å². The normalized spacial score (nSPS) is 16.5. The van der Waals surface area contributed by atoms with E-state index in [-0.39, 0.29) is 5.91 Å². The molecule has 47 heavy (non-hydrogen) atoms. The molecular formula is C34H44N8O5. The highest BCUT2D eigenvalue weighted by atomic mass is 16.6. The summed E-state index contributed by atoms with van der Waals surface area (Å²) < 4.78 is 16.9. The van der Waals surface area contributed by atoms with Crippen LogP contribution in [0.25, 0.3) is 0 Å². The smallest absolute Gasteiger partial charge is 0.415 e. The summed E-state index contributed by atoms with van der Waals surface area (Å²) in [7, 11) is 0. The van der Waals surface area contributed by atoms with Gasteiger partial charge in [0.15, 0.2) is 0 Å². The number of pyridine rings is 1. The molecular weight excluding hydrogens is 600 g/mol. The summed E-state index contributed by atoms with van der Waals surface area (Å²) in [5.74, 6) is 0.832. The van der Waals surface area contributed by atoms with Crippen molar-refractivity contribution in [3.8, 4) is 5.88 Å². The summed E-state index contributed by atoms with van der Waals surface area (Å²) in [6.45, 7) is 16.2. The Morgan fingerprint density at radius 3 is 2.60 bits per heavy atom. The molecule has 2 N–H and O–H groups in total. The van der Waals surface area contributed by atoms with Crippen molar-refractivity contribution in [2.75, 3.05) is 74.2 Å². The van der Waals surface area contributed by atoms with Gasteiger partial charge in [-0.15, -0.1) is 0 Å². The highest BCUT2D eigenvalue weighted by molar-refractivity contribution is 5.96. The molecule has 3 aliphatic rings. The molecule has 250 valence electrons. The minimum absolute atomic E-state index is 0.0832. The lowest BCUT2D eigenvalue weighted by molar-refractivity contribution is 0.0383. The molecule has 0 radical (unpaired) electrons. The van der Waals surface area contributed by atoms with Gasteiger partial charge in [0, 0.05) is 55.7 Å². The van der Waals surface area contributed by atoms with Crippen LogP contribution in [-0.4, -0.2) is 96.5 Å². The van der Waals surface area contributed by atoms with Crippen LogP contribution in [-0.2, 0) is 22.4 Å². The number of carbonyl (C=O) groups excluding carboxylic acids is 2. The largest absolute Gasteiger partial charge is 0.474 e. The molecule has 3 aromatic rings. The van der Waals surface area contributed by atoms with Crippen molar-refractivity contribution < 1.29 is 23.8 Å². The van der Waals surface area contributed by atoms with Crippen molar-refractivity contribution in [1.82, 2.24) is 25.2 Å². The van der Waals surface area contributed by atoms with Crippen LogP contribution in [0.5, 0.6) is 5.88 Å². The van der Waals surface area contributed by atoms with Crippen LogP contribution in [0.1, 0.15) is 53.5 Å². The number of aryl methyl sites for hydroxylation is 1. The Balaban J connectivity index is 1.12. The minimum atomic E-state index is -0.616. The van der Waals surface area contributed by atoms with Gasteiger partial charge in [-0.25, -0.2) is 19.7 Å². The van der Waals surface area contributed by atoms with E-state index in [4.69, 9.17) is 19.2 Å². The van der Waals surface area contributed by atoms with Crippen LogP contribution >= 0.6 is 0 Å². The number of fused-ring (bicyclic) bond motifs is 2. The first-order valence-corrected chi connectivity index (χ1v) is 16.2. The lowest BCUT2D eigenvalue weighted by Gasteiger charge is -2.35. The Morgan fingerprint density at radius 2 is 1.83 bits per heavy atom. The Morgan fingerprint density at radius 1 is 1.02 bits per heavy atom. The average Bonchev–Trinajstić information content (AvgIpc) is 3.04. The highest BCUT2D eigenvalue weighted by Gasteiger charge is 2.33. The molecule has 0 bridgehead atoms. The van der Waals surface area contributed by atoms with E-state index in [1.807, 2.05) is 59.0 Å². The lowest BCUT2D eigenvalue weighted by Crippen LogP contribution is -2.42. The number of rotatable bonds is 7. The summed E-state index contributed by atoms with van der Waals surface area (Å²) in [5, 5.41) is 6.35. The topological polar surface area (TPSA) is 134 Å². The molecule has 13 nitrogen and oxygen atoms in total. The van der Waals surface area contributed by atoms with Crippen molar-refractivity contribution in [3.05, 3.63) is 58.5 Å². The predicted molar refractivity (Wildman–Crippen MR) is 179 cm³/mol. The van der Waals surface area contributed by atoms with Gasteiger partial charge in [0.2, 0.25) is 11.8 Å². The molecule has 1 saturated heterocycles. The lowest BCUT2D eigenvalue weighted by atomic mass is 10.0. The number of hydrogen-bond donors (Lipinski definition) is 2. The first-order valence-electron chi connectivity index (χ1n) is 16.2. The Kier molecular flexibility index (Phi) is 9.46. The van der Waals surface area contributed by atoms with Gasteiger partial charge in [-0.3, -0.25) is 14.6 Å². The van der Waals surface area contributed by atoms with Gasteiger partial charge < -0.3 is 29.7 Å². The molecule has 2 amide bonds. The van der Waals surface area contributed by atoms with E-state index in [0.29, 0.717) is 49.3 Å². The maximum atomic E-state index is 13.1. The minimum Gasteiger partial charge on any atom is -0.474 e. The van der Waals surface area contributed by atoms with Gasteiger partial charge >= 0.3 is 6.09 Å². The Bertz CT molecular complexity index is 1640. The molecule has 0 spiro atoms. The number of nitrogens with zero attached hydrogens (tertiary/aromatic N) is 6. The number of anilines is 4. The third-order valence-corrected chi connectivity index (χ3v) is 8.51. The van der Waals surface area contributed by atoms with Crippen molar-refractivity contribution in [2.45, 2.75) is 53.2 Å². The summed E-state index contributed by atoms with van der Waals surface area (Å²) in [5.41, 5.74) is 6.16. The van der Waals surface area contributed by atoms with Crippen molar-refractivity contribution in [1.29, 1.82) is 0 Å². The molecule has 0 saturated carbocycles. The van der Waals surface area contributed by atoms with Crippen LogP contribution in [0.15, 0.2) is 30.6 Å². The number of amides is 2. The zero-order valence-electron chi connectivity index (χ0n) is 27.9. The molecule has 5 heterocycles. The fourth-order valence-corrected chi connectivity index (χ4v) is 6.09. The maximum absolute atomic E-state index is 13.1. The highest BCUT2D eigenvalue weighted by Crippen LogP contribution is 2.39. The van der Waals surface area contributed by atoms with Gasteiger partial charge in [-0.05, 0) is 70.4 Å². The molecule has 0 atom stereocenters. The number of hydrogen-bond acceptors (Lipinski definition) is 11. The fourth-order valence-electron chi connectivity index (χ4n) is 6.09. The van der Waals surface area contributed by atoms with Gasteiger partial charge in [0.05, 0.1) is 43.9 Å². The van der Waals surface area contributed by atoms with E-state index >= 15 is 0 Å². The predicted octanol–water partition coefficient (Wildman–Crippen LogP) is 3.99. The number of nitrogens with one attached hydrogen (secondary N) is 2. The quantitative estimate of drug-likeness (QED) is 0.387. The van der Waals surface area contributed by atoms with Crippen molar-refractivity contribution in [3.63, 3.8) is 0 Å². The molecule has 0 aliphatic carbocycles. The van der Waals surface area contributed by atoms with Crippen LogP contribution in [0.2, 0.25) is 0 Å². The van der Waals surface area contributed by atoms with E-state index in [1.54, 1.807) is 11.1 Å². The van der Waals surface area contributed by atoms with Crippen molar-refractivity contribution in [2.24, 2.45) is 0 Å². The van der Waals surface area contributed by atoms with Gasteiger partial charge in [0.25, 0.3) is 5.91 Å². The number of ether oxygens (including phenoxy) is 3. The summed E-state index contributed by atoms with van der Waals surface area (Å²) >= 11 is 0. The van der Waals surface area contributed by atoms with Crippen LogP contribution < -0.4 is 25.2 Å². The molecule has 2 aromatic heterocycles. The third-order valence-electron chi connectivity index (χ3n) is 8.51.